The fourth-order valence-electron chi connectivity index (χ4n) is 2.00. The summed E-state index contributed by atoms with van der Waals surface area (Å²) in [6.45, 7) is 1.75. The van der Waals surface area contributed by atoms with Gasteiger partial charge in [0.15, 0.2) is 4.34 Å². The lowest BCUT2D eigenvalue weighted by molar-refractivity contribution is -0.119. The number of thioether (sulfide) groups is 1. The van der Waals surface area contributed by atoms with Gasteiger partial charge >= 0.3 is 6.03 Å². The summed E-state index contributed by atoms with van der Waals surface area (Å²) in [5, 5.41) is 4.55. The highest BCUT2D eigenvalue weighted by molar-refractivity contribution is 8.02. The minimum Gasteiger partial charge on any atom is -0.308 e. The second-order valence-electron chi connectivity index (χ2n) is 5.02. The average Bonchev–Trinajstić information content (AvgIpc) is 2.97. The van der Waals surface area contributed by atoms with E-state index in [4.69, 9.17) is 0 Å². The van der Waals surface area contributed by atoms with Crippen LogP contribution < -0.4 is 10.6 Å². The van der Waals surface area contributed by atoms with E-state index in [1.54, 1.807) is 19.1 Å². The lowest BCUT2D eigenvalue weighted by atomic mass is 10.3. The topological polar surface area (TPSA) is 71.1 Å². The number of nitrogens with one attached hydrogen (secondary N) is 2. The Labute approximate surface area is 147 Å². The second-order valence-corrected chi connectivity index (χ2v) is 7.64. The number of urea groups is 1. The minimum atomic E-state index is -0.539. The van der Waals surface area contributed by atoms with E-state index in [1.165, 1.54) is 23.1 Å². The van der Waals surface area contributed by atoms with Gasteiger partial charge in [-0.1, -0.05) is 42.1 Å². The van der Waals surface area contributed by atoms with Crippen molar-refractivity contribution < 1.29 is 9.59 Å². The fourth-order valence-corrected chi connectivity index (χ4v) is 4.21. The highest BCUT2D eigenvalue weighted by Crippen LogP contribution is 2.31. The molecule has 0 aliphatic rings. The number of carbonyl (C=O) groups excluding carboxylic acids is 2. The van der Waals surface area contributed by atoms with Crippen LogP contribution in [0.2, 0.25) is 0 Å². The number of benzene rings is 2. The first-order chi connectivity index (χ1) is 11.6. The smallest absolute Gasteiger partial charge is 0.308 e. The number of thiazole rings is 1. The number of para-hydroxylation sites is 2. The Balaban J connectivity index is 1.57. The van der Waals surface area contributed by atoms with Crippen LogP contribution in [-0.4, -0.2) is 22.2 Å². The normalized spacial score (nSPS) is 11.9. The second kappa shape index (κ2) is 7.46. The van der Waals surface area contributed by atoms with Gasteiger partial charge in [0.25, 0.3) is 0 Å². The molecule has 0 saturated heterocycles. The van der Waals surface area contributed by atoms with Crippen molar-refractivity contribution >= 4 is 50.9 Å². The van der Waals surface area contributed by atoms with Crippen LogP contribution >= 0.6 is 23.1 Å². The number of hydrogen-bond donors (Lipinski definition) is 2. The van der Waals surface area contributed by atoms with Gasteiger partial charge in [-0.3, -0.25) is 10.1 Å². The summed E-state index contributed by atoms with van der Waals surface area (Å²) in [7, 11) is 0. The van der Waals surface area contributed by atoms with Gasteiger partial charge < -0.3 is 5.32 Å². The molecule has 3 amide bonds. The summed E-state index contributed by atoms with van der Waals surface area (Å²) < 4.78 is 1.89. The van der Waals surface area contributed by atoms with Crippen molar-refractivity contribution in [3.05, 3.63) is 54.6 Å². The summed E-state index contributed by atoms with van der Waals surface area (Å²) in [6, 6.07) is 16.3. The summed E-state index contributed by atoms with van der Waals surface area (Å²) in [6.07, 6.45) is 0. The van der Waals surface area contributed by atoms with Gasteiger partial charge in [0.1, 0.15) is 0 Å². The Morgan fingerprint density at radius 2 is 1.79 bits per heavy atom. The average molecular weight is 357 g/mol. The maximum absolute atomic E-state index is 12.1. The van der Waals surface area contributed by atoms with Crippen LogP contribution in [0.4, 0.5) is 10.5 Å². The maximum Gasteiger partial charge on any atom is 0.325 e. The molecule has 3 rings (SSSR count). The molecule has 122 valence electrons. The number of carbonyl (C=O) groups is 2. The molecule has 0 saturated carbocycles. The zero-order chi connectivity index (χ0) is 16.9. The zero-order valence-corrected chi connectivity index (χ0v) is 14.5. The third kappa shape index (κ3) is 4.12. The molecule has 1 aromatic heterocycles. The SMILES string of the molecule is CC(Sc1nc2ccccc2s1)C(=O)NC(=O)Nc1ccccc1. The molecule has 3 aromatic rings. The van der Waals surface area contributed by atoms with Crippen molar-refractivity contribution in [2.24, 2.45) is 0 Å². The number of nitrogens with zero attached hydrogens (tertiary/aromatic N) is 1. The number of imide groups is 1. The lowest BCUT2D eigenvalue weighted by Crippen LogP contribution is -2.38. The first-order valence-corrected chi connectivity index (χ1v) is 9.00. The largest absolute Gasteiger partial charge is 0.325 e. The van der Waals surface area contributed by atoms with Crippen LogP contribution in [0.5, 0.6) is 0 Å². The third-order valence-corrected chi connectivity index (χ3v) is 5.42. The van der Waals surface area contributed by atoms with Gasteiger partial charge in [0.2, 0.25) is 5.91 Å². The number of amides is 3. The van der Waals surface area contributed by atoms with Crippen molar-refractivity contribution in [3.63, 3.8) is 0 Å². The number of aromatic nitrogens is 1. The van der Waals surface area contributed by atoms with E-state index in [0.717, 1.165) is 14.6 Å². The number of hydrogen-bond acceptors (Lipinski definition) is 5. The first-order valence-electron chi connectivity index (χ1n) is 7.31. The van der Waals surface area contributed by atoms with Crippen LogP contribution in [-0.2, 0) is 4.79 Å². The zero-order valence-electron chi connectivity index (χ0n) is 12.9. The fraction of sp³-hybridized carbons (Fsp3) is 0.118. The maximum atomic E-state index is 12.1. The molecule has 5 nitrogen and oxygen atoms in total. The summed E-state index contributed by atoms with van der Waals surface area (Å²) in [5.74, 6) is -0.354. The molecule has 0 spiro atoms. The molecule has 1 unspecified atom stereocenters. The monoisotopic (exact) mass is 357 g/mol. The predicted molar refractivity (Wildman–Crippen MR) is 98.5 cm³/mol. The summed E-state index contributed by atoms with van der Waals surface area (Å²) >= 11 is 2.88. The Hall–Kier alpha value is -2.38. The molecular formula is C17H15N3O2S2. The molecule has 0 radical (unpaired) electrons. The molecule has 7 heteroatoms. The number of anilines is 1. The minimum absolute atomic E-state index is 0.354. The van der Waals surface area contributed by atoms with Crippen LogP contribution in [0.3, 0.4) is 0 Å². The van der Waals surface area contributed by atoms with Crippen LogP contribution in [0.15, 0.2) is 58.9 Å². The van der Waals surface area contributed by atoms with Crippen LogP contribution in [0.1, 0.15) is 6.92 Å². The van der Waals surface area contributed by atoms with Crippen molar-refractivity contribution in [2.45, 2.75) is 16.5 Å². The van der Waals surface area contributed by atoms with Gasteiger partial charge in [0, 0.05) is 5.69 Å². The van der Waals surface area contributed by atoms with Crippen molar-refractivity contribution in [2.75, 3.05) is 5.32 Å². The highest BCUT2D eigenvalue weighted by Gasteiger charge is 2.19. The Bertz CT molecular complexity index is 831. The molecule has 1 atom stereocenters. The quantitative estimate of drug-likeness (QED) is 0.689. The molecular weight excluding hydrogens is 342 g/mol. The number of rotatable bonds is 4. The highest BCUT2D eigenvalue weighted by atomic mass is 32.2. The van der Waals surface area contributed by atoms with Crippen molar-refractivity contribution in [1.82, 2.24) is 10.3 Å². The molecule has 0 fully saturated rings. The molecule has 0 aliphatic carbocycles. The van der Waals surface area contributed by atoms with Gasteiger partial charge in [-0.25, -0.2) is 9.78 Å². The molecule has 0 bridgehead atoms. The van der Waals surface area contributed by atoms with Crippen LogP contribution in [0, 0.1) is 0 Å². The van der Waals surface area contributed by atoms with Crippen molar-refractivity contribution in [3.8, 4) is 0 Å². The third-order valence-electron chi connectivity index (χ3n) is 3.19. The molecule has 24 heavy (non-hydrogen) atoms. The van der Waals surface area contributed by atoms with E-state index in [-0.39, 0.29) is 5.91 Å². The molecule has 2 aromatic carbocycles. The van der Waals surface area contributed by atoms with Crippen molar-refractivity contribution in [1.29, 1.82) is 0 Å². The van der Waals surface area contributed by atoms with Gasteiger partial charge in [-0.05, 0) is 31.2 Å². The van der Waals surface area contributed by atoms with E-state index in [9.17, 15) is 9.59 Å². The lowest BCUT2D eigenvalue weighted by Gasteiger charge is -2.10. The molecule has 0 aliphatic heterocycles. The van der Waals surface area contributed by atoms with E-state index < -0.39 is 11.3 Å². The number of fused-ring (bicyclic) bond motifs is 1. The summed E-state index contributed by atoms with van der Waals surface area (Å²) in [4.78, 5) is 28.5. The van der Waals surface area contributed by atoms with Gasteiger partial charge in [-0.15, -0.1) is 11.3 Å². The Morgan fingerprint density at radius 1 is 1.08 bits per heavy atom. The van der Waals surface area contributed by atoms with E-state index >= 15 is 0 Å². The van der Waals surface area contributed by atoms with E-state index in [2.05, 4.69) is 15.6 Å². The Kier molecular flexibility index (Phi) is 5.12. The molecule has 1 heterocycles. The van der Waals surface area contributed by atoms with Gasteiger partial charge in [0.05, 0.1) is 15.5 Å². The van der Waals surface area contributed by atoms with E-state index in [1.807, 2.05) is 42.5 Å². The predicted octanol–water partition coefficient (Wildman–Crippen LogP) is 4.13. The van der Waals surface area contributed by atoms with Crippen LogP contribution in [0.25, 0.3) is 10.2 Å². The Morgan fingerprint density at radius 3 is 2.54 bits per heavy atom. The summed E-state index contributed by atoms with van der Waals surface area (Å²) in [5.41, 5.74) is 1.55. The standard InChI is InChI=1S/C17H15N3O2S2/c1-11(23-17-19-13-9-5-6-10-14(13)24-17)15(21)20-16(22)18-12-7-3-2-4-8-12/h2-11H,1H3,(H2,18,20,21,22). The van der Waals surface area contributed by atoms with E-state index in [0.29, 0.717) is 5.69 Å². The molecule has 2 N–H and O–H groups in total. The first kappa shape index (κ1) is 16.5. The van der Waals surface area contributed by atoms with Gasteiger partial charge in [-0.2, -0.15) is 0 Å².